The maximum atomic E-state index is 11.1. The fourth-order valence-electron chi connectivity index (χ4n) is 3.43. The number of nitrogens with one attached hydrogen (secondary N) is 1. The Bertz CT molecular complexity index is 681. The van der Waals surface area contributed by atoms with Gasteiger partial charge in [0.25, 0.3) is 5.69 Å². The molecule has 0 amide bonds. The maximum Gasteiger partial charge on any atom is 0.292 e. The lowest BCUT2D eigenvalue weighted by molar-refractivity contribution is -0.384. The topological polar surface area (TPSA) is 118 Å². The van der Waals surface area contributed by atoms with E-state index in [2.05, 4.69) is 5.32 Å². The van der Waals surface area contributed by atoms with Crippen LogP contribution in [-0.2, 0) is 9.47 Å². The molecule has 0 unspecified atom stereocenters. The van der Waals surface area contributed by atoms with E-state index in [0.717, 1.165) is 12.8 Å². The number of hydrogen-bond donors (Lipinski definition) is 2. The lowest BCUT2D eigenvalue weighted by atomic mass is 9.80. The number of anilines is 1. The largest absolute Gasteiger partial charge is 0.388 e. The Labute approximate surface area is 139 Å². The van der Waals surface area contributed by atoms with Crippen molar-refractivity contribution in [1.29, 1.82) is 5.26 Å². The van der Waals surface area contributed by atoms with Crippen LogP contribution in [0.15, 0.2) is 18.2 Å². The first-order valence-electron chi connectivity index (χ1n) is 7.88. The summed E-state index contributed by atoms with van der Waals surface area (Å²) < 4.78 is 11.3. The minimum absolute atomic E-state index is 0.122. The second-order valence-electron chi connectivity index (χ2n) is 6.32. The summed E-state index contributed by atoms with van der Waals surface area (Å²) in [6.45, 7) is 1.15. The summed E-state index contributed by atoms with van der Waals surface area (Å²) in [5.74, 6) is -0.741. The fraction of sp³-hybridized carbons (Fsp3) is 0.562. The van der Waals surface area contributed by atoms with E-state index in [9.17, 15) is 15.2 Å². The molecule has 2 aliphatic rings. The zero-order chi connectivity index (χ0) is 17.2. The van der Waals surface area contributed by atoms with Gasteiger partial charge in [0.2, 0.25) is 0 Å². The van der Waals surface area contributed by atoms with Gasteiger partial charge in [0.1, 0.15) is 5.69 Å². The van der Waals surface area contributed by atoms with Crippen LogP contribution in [0.3, 0.4) is 0 Å². The number of benzene rings is 1. The van der Waals surface area contributed by atoms with Crippen molar-refractivity contribution in [3.63, 3.8) is 0 Å². The van der Waals surface area contributed by atoms with Crippen molar-refractivity contribution < 1.29 is 19.5 Å². The van der Waals surface area contributed by atoms with Crippen LogP contribution in [0.2, 0.25) is 0 Å². The average Bonchev–Trinajstić information content (AvgIpc) is 2.99. The average molecular weight is 333 g/mol. The number of nitro groups is 1. The van der Waals surface area contributed by atoms with Gasteiger partial charge >= 0.3 is 0 Å². The van der Waals surface area contributed by atoms with E-state index in [1.165, 1.54) is 18.2 Å². The molecule has 8 heteroatoms. The molecule has 1 aliphatic heterocycles. The van der Waals surface area contributed by atoms with Crippen molar-refractivity contribution in [1.82, 2.24) is 0 Å². The monoisotopic (exact) mass is 333 g/mol. The van der Waals surface area contributed by atoms with Crippen molar-refractivity contribution in [2.24, 2.45) is 0 Å². The molecule has 2 fully saturated rings. The fourth-order valence-corrected chi connectivity index (χ4v) is 3.43. The summed E-state index contributed by atoms with van der Waals surface area (Å²) in [4.78, 5) is 10.6. The Morgan fingerprint density at radius 1 is 1.38 bits per heavy atom. The van der Waals surface area contributed by atoms with Crippen molar-refractivity contribution in [2.75, 3.05) is 25.1 Å². The van der Waals surface area contributed by atoms with Crippen LogP contribution in [0.4, 0.5) is 11.4 Å². The number of aliphatic hydroxyl groups is 1. The van der Waals surface area contributed by atoms with Gasteiger partial charge in [0, 0.05) is 25.5 Å². The molecule has 3 rings (SSSR count). The lowest BCUT2D eigenvalue weighted by Gasteiger charge is -2.41. The summed E-state index contributed by atoms with van der Waals surface area (Å²) in [7, 11) is 0. The van der Waals surface area contributed by atoms with E-state index < -0.39 is 16.3 Å². The molecular formula is C16H19N3O5. The zero-order valence-corrected chi connectivity index (χ0v) is 13.2. The molecule has 0 radical (unpaired) electrons. The summed E-state index contributed by atoms with van der Waals surface area (Å²) in [6.07, 6.45) is 2.36. The summed E-state index contributed by atoms with van der Waals surface area (Å²) >= 11 is 0. The number of nitro benzene ring substituents is 1. The van der Waals surface area contributed by atoms with Crippen LogP contribution in [-0.4, -0.2) is 41.2 Å². The van der Waals surface area contributed by atoms with Crippen molar-refractivity contribution in [3.05, 3.63) is 33.9 Å². The van der Waals surface area contributed by atoms with E-state index >= 15 is 0 Å². The number of ether oxygens (including phenoxy) is 2. The minimum atomic E-state index is -1.08. The quantitative estimate of drug-likeness (QED) is 0.638. The van der Waals surface area contributed by atoms with Gasteiger partial charge < -0.3 is 19.9 Å². The smallest absolute Gasteiger partial charge is 0.292 e. The standard InChI is InChI=1S/C16H19N3O5/c17-9-12-2-3-14(19(21)22)13(8-12)18-11-15(20)4-1-5-16(10-15)23-6-7-24-16/h2-3,8,18,20H,1,4-7,10-11H2/t15-/m1/s1. The second-order valence-corrected chi connectivity index (χ2v) is 6.32. The highest BCUT2D eigenvalue weighted by Gasteiger charge is 2.47. The third-order valence-corrected chi connectivity index (χ3v) is 4.54. The highest BCUT2D eigenvalue weighted by atomic mass is 16.7. The summed E-state index contributed by atoms with van der Waals surface area (Å²) in [6, 6.07) is 6.06. The van der Waals surface area contributed by atoms with Crippen LogP contribution in [0.25, 0.3) is 0 Å². The van der Waals surface area contributed by atoms with Crippen molar-refractivity contribution >= 4 is 11.4 Å². The van der Waals surface area contributed by atoms with Gasteiger partial charge in [0.15, 0.2) is 5.79 Å². The normalized spacial score (nSPS) is 25.3. The summed E-state index contributed by atoms with van der Waals surface area (Å²) in [5, 5.41) is 33.9. The molecule has 1 saturated heterocycles. The first-order valence-corrected chi connectivity index (χ1v) is 7.88. The molecule has 0 aromatic heterocycles. The van der Waals surface area contributed by atoms with Crippen LogP contribution in [0.5, 0.6) is 0 Å². The highest BCUT2D eigenvalue weighted by molar-refractivity contribution is 5.64. The summed E-state index contributed by atoms with van der Waals surface area (Å²) in [5.41, 5.74) is -0.673. The molecule has 1 aliphatic carbocycles. The van der Waals surface area contributed by atoms with Crippen LogP contribution < -0.4 is 5.32 Å². The molecule has 1 saturated carbocycles. The lowest BCUT2D eigenvalue weighted by Crippen LogP contribution is -2.50. The molecule has 24 heavy (non-hydrogen) atoms. The molecule has 2 N–H and O–H groups in total. The van der Waals surface area contributed by atoms with Crippen LogP contribution >= 0.6 is 0 Å². The third kappa shape index (κ3) is 3.33. The first-order chi connectivity index (χ1) is 11.5. The second kappa shape index (κ2) is 6.36. The molecule has 1 atom stereocenters. The van der Waals surface area contributed by atoms with E-state index in [-0.39, 0.29) is 17.9 Å². The molecule has 1 spiro atoms. The third-order valence-electron chi connectivity index (χ3n) is 4.54. The van der Waals surface area contributed by atoms with E-state index in [1.807, 2.05) is 6.07 Å². The Hall–Kier alpha value is -2.21. The minimum Gasteiger partial charge on any atom is -0.388 e. The number of hydrogen-bond acceptors (Lipinski definition) is 7. The van der Waals surface area contributed by atoms with Gasteiger partial charge in [0.05, 0.1) is 35.4 Å². The predicted octanol–water partition coefficient (Wildman–Crippen LogP) is 1.93. The molecule has 1 aromatic rings. The molecule has 1 aromatic carbocycles. The van der Waals surface area contributed by atoms with Gasteiger partial charge in [-0.05, 0) is 25.0 Å². The molecule has 8 nitrogen and oxygen atoms in total. The zero-order valence-electron chi connectivity index (χ0n) is 13.2. The first kappa shape index (κ1) is 16.6. The Morgan fingerprint density at radius 3 is 2.79 bits per heavy atom. The Morgan fingerprint density at radius 2 is 2.12 bits per heavy atom. The van der Waals surface area contributed by atoms with Crippen LogP contribution in [0.1, 0.15) is 31.2 Å². The number of nitrogens with zero attached hydrogens (tertiary/aromatic N) is 2. The molecule has 1 heterocycles. The van der Waals surface area contributed by atoms with Gasteiger partial charge in [-0.1, -0.05) is 0 Å². The Kier molecular flexibility index (Phi) is 4.41. The van der Waals surface area contributed by atoms with Gasteiger partial charge in [-0.15, -0.1) is 0 Å². The van der Waals surface area contributed by atoms with Crippen molar-refractivity contribution in [2.45, 2.75) is 37.1 Å². The van der Waals surface area contributed by atoms with E-state index in [4.69, 9.17) is 14.7 Å². The molecule has 128 valence electrons. The number of nitriles is 1. The van der Waals surface area contributed by atoms with Gasteiger partial charge in [-0.2, -0.15) is 5.26 Å². The van der Waals surface area contributed by atoms with E-state index in [1.54, 1.807) is 0 Å². The Balaban J connectivity index is 1.75. The van der Waals surface area contributed by atoms with Crippen molar-refractivity contribution in [3.8, 4) is 6.07 Å². The van der Waals surface area contributed by atoms with E-state index in [0.29, 0.717) is 31.6 Å². The number of rotatable bonds is 4. The molecular weight excluding hydrogens is 314 g/mol. The molecule has 0 bridgehead atoms. The van der Waals surface area contributed by atoms with Crippen LogP contribution in [0, 0.1) is 21.4 Å². The highest BCUT2D eigenvalue weighted by Crippen LogP contribution is 2.41. The SMILES string of the molecule is N#Cc1ccc([N+](=O)[O-])c(NC[C@@]2(O)CCCC3(C2)OCCO3)c1. The van der Waals surface area contributed by atoms with Gasteiger partial charge in [-0.25, -0.2) is 0 Å². The maximum absolute atomic E-state index is 11.1. The predicted molar refractivity (Wildman–Crippen MR) is 84.4 cm³/mol. The van der Waals surface area contributed by atoms with Gasteiger partial charge in [-0.3, -0.25) is 10.1 Å².